The van der Waals surface area contributed by atoms with Crippen LogP contribution in [0.1, 0.15) is 52.9 Å². The van der Waals surface area contributed by atoms with E-state index in [0.717, 1.165) is 12.8 Å². The number of carbonyl (C=O) groups is 1. The molecule has 0 radical (unpaired) electrons. The van der Waals surface area contributed by atoms with E-state index in [1.165, 1.54) is 19.3 Å². The van der Waals surface area contributed by atoms with Crippen LogP contribution in [0.15, 0.2) is 0 Å². The average molecular weight is 297 g/mol. The molecular formula is C17H31NO3. The van der Waals surface area contributed by atoms with Crippen molar-refractivity contribution in [2.45, 2.75) is 65.0 Å². The molecule has 0 aromatic carbocycles. The summed E-state index contributed by atoms with van der Waals surface area (Å²) >= 11 is 0. The van der Waals surface area contributed by atoms with Gasteiger partial charge in [-0.3, -0.25) is 4.79 Å². The summed E-state index contributed by atoms with van der Waals surface area (Å²) in [6.45, 7) is 8.90. The number of hydrogen-bond donors (Lipinski definition) is 0. The van der Waals surface area contributed by atoms with Crippen LogP contribution >= 0.6 is 0 Å². The Morgan fingerprint density at radius 1 is 1.33 bits per heavy atom. The first-order chi connectivity index (χ1) is 10.1. The Kier molecular flexibility index (Phi) is 6.49. The maximum absolute atomic E-state index is 12.5. The van der Waals surface area contributed by atoms with E-state index in [2.05, 4.69) is 20.8 Å². The molecule has 0 unspecified atom stereocenters. The molecule has 0 N–H and O–H groups in total. The minimum absolute atomic E-state index is 0.140. The summed E-state index contributed by atoms with van der Waals surface area (Å²) < 4.78 is 11.5. The molecule has 2 rings (SSSR count). The van der Waals surface area contributed by atoms with Crippen LogP contribution in [0.2, 0.25) is 0 Å². The van der Waals surface area contributed by atoms with Crippen LogP contribution in [0, 0.1) is 11.8 Å². The molecule has 3 atom stereocenters. The molecule has 1 saturated carbocycles. The van der Waals surface area contributed by atoms with Crippen LogP contribution in [0.4, 0.5) is 0 Å². The van der Waals surface area contributed by atoms with Gasteiger partial charge >= 0.3 is 0 Å². The Morgan fingerprint density at radius 3 is 2.81 bits per heavy atom. The van der Waals surface area contributed by atoms with Crippen LogP contribution in [0.5, 0.6) is 0 Å². The second kappa shape index (κ2) is 8.14. The second-order valence-electron chi connectivity index (χ2n) is 7.06. The van der Waals surface area contributed by atoms with Gasteiger partial charge in [0.2, 0.25) is 5.91 Å². The van der Waals surface area contributed by atoms with E-state index < -0.39 is 0 Å². The van der Waals surface area contributed by atoms with Crippen LogP contribution in [0.3, 0.4) is 0 Å². The van der Waals surface area contributed by atoms with Crippen molar-refractivity contribution in [1.29, 1.82) is 0 Å². The van der Waals surface area contributed by atoms with Gasteiger partial charge in [0.15, 0.2) is 0 Å². The Morgan fingerprint density at radius 2 is 2.10 bits per heavy atom. The zero-order valence-corrected chi connectivity index (χ0v) is 13.8. The molecule has 1 heterocycles. The molecule has 1 aliphatic carbocycles. The quantitative estimate of drug-likeness (QED) is 0.783. The minimum Gasteiger partial charge on any atom is -0.377 e. The summed E-state index contributed by atoms with van der Waals surface area (Å²) in [6, 6.07) is 0.221. The number of amides is 1. The van der Waals surface area contributed by atoms with Gasteiger partial charge in [-0.1, -0.05) is 33.6 Å². The summed E-state index contributed by atoms with van der Waals surface area (Å²) in [7, 11) is 0. The first-order valence-electron chi connectivity index (χ1n) is 8.56. The highest BCUT2D eigenvalue weighted by Gasteiger charge is 2.29. The van der Waals surface area contributed by atoms with Gasteiger partial charge in [-0.2, -0.15) is 0 Å². The first kappa shape index (κ1) is 16.8. The third kappa shape index (κ3) is 4.96. The largest absolute Gasteiger partial charge is 0.377 e. The van der Waals surface area contributed by atoms with E-state index >= 15 is 0 Å². The lowest BCUT2D eigenvalue weighted by Gasteiger charge is -2.37. The van der Waals surface area contributed by atoms with E-state index in [0.29, 0.717) is 31.6 Å². The number of nitrogens with zero attached hydrogens (tertiary/aromatic N) is 1. The van der Waals surface area contributed by atoms with Gasteiger partial charge < -0.3 is 14.4 Å². The lowest BCUT2D eigenvalue weighted by molar-refractivity contribution is -0.149. The fourth-order valence-electron chi connectivity index (χ4n) is 3.51. The lowest BCUT2D eigenvalue weighted by atomic mass is 9.88. The van der Waals surface area contributed by atoms with Crippen LogP contribution in [0.25, 0.3) is 0 Å². The van der Waals surface area contributed by atoms with Crippen molar-refractivity contribution in [3.8, 4) is 0 Å². The minimum atomic E-state index is 0.140. The van der Waals surface area contributed by atoms with E-state index in [1.807, 2.05) is 4.90 Å². The molecule has 0 spiro atoms. The van der Waals surface area contributed by atoms with Crippen molar-refractivity contribution in [3.63, 3.8) is 0 Å². The van der Waals surface area contributed by atoms with E-state index in [4.69, 9.17) is 9.47 Å². The van der Waals surface area contributed by atoms with Crippen molar-refractivity contribution >= 4 is 5.91 Å². The maximum atomic E-state index is 12.5. The molecule has 1 amide bonds. The summed E-state index contributed by atoms with van der Waals surface area (Å²) in [5.41, 5.74) is 0. The van der Waals surface area contributed by atoms with Crippen molar-refractivity contribution in [2.24, 2.45) is 11.8 Å². The monoisotopic (exact) mass is 297 g/mol. The molecule has 4 nitrogen and oxygen atoms in total. The zero-order chi connectivity index (χ0) is 15.2. The predicted molar refractivity (Wildman–Crippen MR) is 83.1 cm³/mol. The van der Waals surface area contributed by atoms with Gasteiger partial charge in [-0.25, -0.2) is 0 Å². The summed E-state index contributed by atoms with van der Waals surface area (Å²) in [6.07, 6.45) is 6.14. The maximum Gasteiger partial charge on any atom is 0.248 e. The topological polar surface area (TPSA) is 38.8 Å². The molecule has 0 aromatic heterocycles. The SMILES string of the molecule is CC(C)C[C@@H]1COCCN1C(=O)CO[C@@H]1CCCC[C@@H]1C. The van der Waals surface area contributed by atoms with Gasteiger partial charge in [0.25, 0.3) is 0 Å². The third-order valence-electron chi connectivity index (χ3n) is 4.75. The summed E-state index contributed by atoms with van der Waals surface area (Å²) in [4.78, 5) is 14.5. The molecular weight excluding hydrogens is 266 g/mol. The molecule has 2 aliphatic rings. The molecule has 0 aromatic rings. The van der Waals surface area contributed by atoms with Crippen molar-refractivity contribution in [3.05, 3.63) is 0 Å². The fraction of sp³-hybridized carbons (Fsp3) is 0.941. The Labute approximate surface area is 129 Å². The highest BCUT2D eigenvalue weighted by atomic mass is 16.5. The van der Waals surface area contributed by atoms with Crippen LogP contribution < -0.4 is 0 Å². The molecule has 122 valence electrons. The Bertz CT molecular complexity index is 332. The van der Waals surface area contributed by atoms with Gasteiger partial charge in [0.1, 0.15) is 6.61 Å². The van der Waals surface area contributed by atoms with Gasteiger partial charge in [-0.15, -0.1) is 0 Å². The standard InChI is InChI=1S/C17H31NO3/c1-13(2)10-15-11-20-9-8-18(15)17(19)12-21-16-7-5-4-6-14(16)3/h13-16H,4-12H2,1-3H3/t14-,15+,16+/m0/s1. The average Bonchev–Trinajstić information content (AvgIpc) is 2.46. The number of morpholine rings is 1. The Hall–Kier alpha value is -0.610. The van der Waals surface area contributed by atoms with Crippen molar-refractivity contribution in [1.82, 2.24) is 4.90 Å². The number of ether oxygens (including phenoxy) is 2. The molecule has 2 fully saturated rings. The molecule has 0 bridgehead atoms. The fourth-order valence-corrected chi connectivity index (χ4v) is 3.51. The molecule has 1 saturated heterocycles. The highest BCUT2D eigenvalue weighted by molar-refractivity contribution is 5.78. The number of hydrogen-bond acceptors (Lipinski definition) is 3. The zero-order valence-electron chi connectivity index (χ0n) is 13.8. The molecule has 21 heavy (non-hydrogen) atoms. The van der Waals surface area contributed by atoms with Crippen molar-refractivity contribution < 1.29 is 14.3 Å². The van der Waals surface area contributed by atoms with Gasteiger partial charge in [0, 0.05) is 6.54 Å². The van der Waals surface area contributed by atoms with Crippen molar-refractivity contribution in [2.75, 3.05) is 26.4 Å². The van der Waals surface area contributed by atoms with Gasteiger partial charge in [-0.05, 0) is 31.1 Å². The summed E-state index contributed by atoms with van der Waals surface area (Å²) in [5, 5.41) is 0. The lowest BCUT2D eigenvalue weighted by Crippen LogP contribution is -2.50. The van der Waals surface area contributed by atoms with E-state index in [1.54, 1.807) is 0 Å². The number of carbonyl (C=O) groups excluding carboxylic acids is 1. The van der Waals surface area contributed by atoms with E-state index in [9.17, 15) is 4.79 Å². The molecule has 1 aliphatic heterocycles. The van der Waals surface area contributed by atoms with Crippen LogP contribution in [-0.2, 0) is 14.3 Å². The second-order valence-corrected chi connectivity index (χ2v) is 7.06. The number of rotatable bonds is 5. The highest BCUT2D eigenvalue weighted by Crippen LogP contribution is 2.26. The Balaban J connectivity index is 1.82. The normalized spacial score (nSPS) is 30.7. The third-order valence-corrected chi connectivity index (χ3v) is 4.75. The van der Waals surface area contributed by atoms with E-state index in [-0.39, 0.29) is 24.7 Å². The van der Waals surface area contributed by atoms with Gasteiger partial charge in [0.05, 0.1) is 25.4 Å². The summed E-state index contributed by atoms with van der Waals surface area (Å²) in [5.74, 6) is 1.30. The predicted octanol–water partition coefficient (Wildman–Crippen LogP) is 2.86. The van der Waals surface area contributed by atoms with Crippen LogP contribution in [-0.4, -0.2) is 49.3 Å². The first-order valence-corrected chi connectivity index (χ1v) is 8.56. The molecule has 4 heteroatoms. The smallest absolute Gasteiger partial charge is 0.248 e.